The number of benzene rings is 1. The van der Waals surface area contributed by atoms with Crippen molar-refractivity contribution >= 4 is 34.4 Å². The van der Waals surface area contributed by atoms with Crippen LogP contribution in [0.25, 0.3) is 0 Å². The lowest BCUT2D eigenvalue weighted by Crippen LogP contribution is -2.34. The molecule has 1 amide bonds. The molecular formula is C22H19NO5S2. The molecule has 0 aliphatic carbocycles. The quantitative estimate of drug-likeness (QED) is 0.522. The van der Waals surface area contributed by atoms with E-state index in [1.54, 1.807) is 48.9 Å². The molecule has 1 aliphatic heterocycles. The maximum atomic E-state index is 13.0. The van der Waals surface area contributed by atoms with Crippen LogP contribution in [0.15, 0.2) is 70.6 Å². The van der Waals surface area contributed by atoms with Crippen molar-refractivity contribution in [3.8, 4) is 11.5 Å². The van der Waals surface area contributed by atoms with Gasteiger partial charge in [-0.2, -0.15) is 0 Å². The largest absolute Gasteiger partial charge is 0.503 e. The fraction of sp³-hybridized carbons (Fsp3) is 0.182. The van der Waals surface area contributed by atoms with Crippen LogP contribution < -0.4 is 9.47 Å². The summed E-state index contributed by atoms with van der Waals surface area (Å²) in [7, 11) is 1.59. The highest BCUT2D eigenvalue weighted by Crippen LogP contribution is 2.41. The number of hydrogen-bond donors (Lipinski definition) is 1. The first kappa shape index (κ1) is 20.2. The van der Waals surface area contributed by atoms with E-state index in [9.17, 15) is 14.7 Å². The van der Waals surface area contributed by atoms with Gasteiger partial charge in [-0.1, -0.05) is 12.1 Å². The summed E-state index contributed by atoms with van der Waals surface area (Å²) in [6.45, 7) is 0.437. The van der Waals surface area contributed by atoms with Crippen molar-refractivity contribution in [1.82, 2.24) is 4.90 Å². The fourth-order valence-electron chi connectivity index (χ4n) is 3.33. The van der Waals surface area contributed by atoms with Crippen molar-refractivity contribution in [2.24, 2.45) is 0 Å². The van der Waals surface area contributed by atoms with Crippen molar-refractivity contribution in [2.45, 2.75) is 6.04 Å². The van der Waals surface area contributed by atoms with Crippen molar-refractivity contribution in [3.63, 3.8) is 0 Å². The van der Waals surface area contributed by atoms with Crippen molar-refractivity contribution in [2.75, 3.05) is 20.3 Å². The molecule has 3 aromatic rings. The third-order valence-electron chi connectivity index (χ3n) is 4.77. The first-order valence-electron chi connectivity index (χ1n) is 9.22. The van der Waals surface area contributed by atoms with Gasteiger partial charge in [0.1, 0.15) is 18.1 Å². The number of ketones is 1. The Labute approximate surface area is 181 Å². The SMILES string of the molecule is COc1ccc(OCCN2C(=O)C(O)=C(C(=O)c3cccs3)C2c2cccs2)cc1. The van der Waals surface area contributed by atoms with Crippen LogP contribution in [0.2, 0.25) is 0 Å². The molecule has 0 spiro atoms. The van der Waals surface area contributed by atoms with E-state index in [4.69, 9.17) is 9.47 Å². The number of ether oxygens (including phenoxy) is 2. The first-order chi connectivity index (χ1) is 14.6. The van der Waals surface area contributed by atoms with E-state index in [2.05, 4.69) is 0 Å². The van der Waals surface area contributed by atoms with Crippen LogP contribution in [0, 0.1) is 0 Å². The monoisotopic (exact) mass is 441 g/mol. The van der Waals surface area contributed by atoms with Gasteiger partial charge in [-0.3, -0.25) is 9.59 Å². The standard InChI is InChI=1S/C22H19NO5S2/c1-27-14-6-8-15(9-7-14)28-11-10-23-19(16-4-2-12-29-16)18(21(25)22(23)26)20(24)17-5-3-13-30-17/h2-9,12-13,19,25H,10-11H2,1H3. The second kappa shape index (κ2) is 8.73. The third kappa shape index (κ3) is 3.83. The molecule has 3 heterocycles. The lowest BCUT2D eigenvalue weighted by molar-refractivity contribution is -0.129. The van der Waals surface area contributed by atoms with Crippen LogP contribution in [0.5, 0.6) is 11.5 Å². The number of nitrogens with zero attached hydrogens (tertiary/aromatic N) is 1. The molecule has 4 rings (SSSR count). The molecule has 0 radical (unpaired) electrons. The van der Waals surface area contributed by atoms with E-state index >= 15 is 0 Å². The molecule has 1 aromatic carbocycles. The minimum Gasteiger partial charge on any atom is -0.503 e. The molecule has 6 nitrogen and oxygen atoms in total. The minimum absolute atomic E-state index is 0.120. The topological polar surface area (TPSA) is 76.1 Å². The molecule has 2 aromatic heterocycles. The third-order valence-corrected chi connectivity index (χ3v) is 6.56. The molecule has 0 fully saturated rings. The van der Waals surface area contributed by atoms with Gasteiger partial charge in [0, 0.05) is 4.88 Å². The normalized spacial score (nSPS) is 16.2. The number of methoxy groups -OCH3 is 1. The van der Waals surface area contributed by atoms with Gasteiger partial charge in [0.2, 0.25) is 5.78 Å². The molecule has 8 heteroatoms. The number of amides is 1. The maximum Gasteiger partial charge on any atom is 0.290 e. The molecule has 1 atom stereocenters. The average Bonchev–Trinajstić information content (AvgIpc) is 3.52. The Hall–Kier alpha value is -3.10. The maximum absolute atomic E-state index is 13.0. The smallest absolute Gasteiger partial charge is 0.290 e. The zero-order valence-electron chi connectivity index (χ0n) is 16.1. The Morgan fingerprint density at radius 3 is 2.40 bits per heavy atom. The fourth-order valence-corrected chi connectivity index (χ4v) is 4.86. The molecular weight excluding hydrogens is 422 g/mol. The summed E-state index contributed by atoms with van der Waals surface area (Å²) in [4.78, 5) is 28.7. The Morgan fingerprint density at radius 1 is 1.07 bits per heavy atom. The van der Waals surface area contributed by atoms with Crippen LogP contribution in [-0.4, -0.2) is 42.0 Å². The van der Waals surface area contributed by atoms with E-state index in [1.807, 2.05) is 17.5 Å². The minimum atomic E-state index is -0.633. The highest BCUT2D eigenvalue weighted by atomic mass is 32.1. The second-order valence-corrected chi connectivity index (χ2v) is 8.44. The van der Waals surface area contributed by atoms with E-state index in [0.717, 1.165) is 10.6 Å². The van der Waals surface area contributed by atoms with Gasteiger partial charge in [-0.15, -0.1) is 22.7 Å². The predicted octanol–water partition coefficient (Wildman–Crippen LogP) is 4.48. The molecule has 30 heavy (non-hydrogen) atoms. The number of Topliss-reactive ketones (excluding diaryl/α,β-unsaturated/α-hetero) is 1. The number of thiophene rings is 2. The summed E-state index contributed by atoms with van der Waals surface area (Å²) in [5.41, 5.74) is 0.120. The predicted molar refractivity (Wildman–Crippen MR) is 116 cm³/mol. The number of aliphatic hydroxyl groups is 1. The Bertz CT molecular complexity index is 1060. The van der Waals surface area contributed by atoms with E-state index in [-0.39, 0.29) is 24.5 Å². The van der Waals surface area contributed by atoms with Crippen molar-refractivity contribution in [3.05, 3.63) is 80.4 Å². The summed E-state index contributed by atoms with van der Waals surface area (Å²) in [6.07, 6.45) is 0. The molecule has 0 saturated carbocycles. The Kier molecular flexibility index (Phi) is 5.87. The van der Waals surface area contributed by atoms with Gasteiger partial charge in [-0.25, -0.2) is 0 Å². The van der Waals surface area contributed by atoms with E-state index < -0.39 is 17.7 Å². The highest BCUT2D eigenvalue weighted by Gasteiger charge is 2.44. The lowest BCUT2D eigenvalue weighted by atomic mass is 10.0. The van der Waals surface area contributed by atoms with Crippen LogP contribution in [0.3, 0.4) is 0 Å². The van der Waals surface area contributed by atoms with E-state index in [0.29, 0.717) is 10.6 Å². The van der Waals surface area contributed by atoms with Crippen LogP contribution in [0.1, 0.15) is 20.6 Å². The number of carbonyl (C=O) groups is 2. The molecule has 0 bridgehead atoms. The zero-order valence-corrected chi connectivity index (χ0v) is 17.7. The van der Waals surface area contributed by atoms with Gasteiger partial charge >= 0.3 is 0 Å². The van der Waals surface area contributed by atoms with E-state index in [1.165, 1.54) is 27.6 Å². The van der Waals surface area contributed by atoms with Gasteiger partial charge < -0.3 is 19.5 Å². The number of carbonyl (C=O) groups excluding carboxylic acids is 2. The summed E-state index contributed by atoms with van der Waals surface area (Å²) in [6, 6.07) is 13.7. The number of hydrogen-bond acceptors (Lipinski definition) is 7. The summed E-state index contributed by atoms with van der Waals surface area (Å²) in [5, 5.41) is 14.2. The van der Waals surface area contributed by atoms with Crippen LogP contribution in [-0.2, 0) is 4.79 Å². The summed E-state index contributed by atoms with van der Waals surface area (Å²) >= 11 is 2.72. The van der Waals surface area contributed by atoms with Crippen molar-refractivity contribution in [1.29, 1.82) is 0 Å². The number of rotatable bonds is 8. The Balaban J connectivity index is 1.55. The second-order valence-electron chi connectivity index (χ2n) is 6.51. The van der Waals surface area contributed by atoms with Gasteiger partial charge in [0.25, 0.3) is 5.91 Å². The molecule has 154 valence electrons. The molecule has 1 aliphatic rings. The highest BCUT2D eigenvalue weighted by molar-refractivity contribution is 7.12. The van der Waals surface area contributed by atoms with Gasteiger partial charge in [0.05, 0.1) is 30.1 Å². The summed E-state index contributed by atoms with van der Waals surface area (Å²) in [5.74, 6) is -0.0152. The first-order valence-corrected chi connectivity index (χ1v) is 11.0. The zero-order chi connectivity index (χ0) is 21.1. The molecule has 1 unspecified atom stereocenters. The van der Waals surface area contributed by atoms with Crippen LogP contribution >= 0.6 is 22.7 Å². The van der Waals surface area contributed by atoms with Crippen molar-refractivity contribution < 1.29 is 24.2 Å². The Morgan fingerprint density at radius 2 is 1.77 bits per heavy atom. The molecule has 1 N–H and O–H groups in total. The summed E-state index contributed by atoms with van der Waals surface area (Å²) < 4.78 is 10.9. The van der Waals surface area contributed by atoms with Crippen LogP contribution in [0.4, 0.5) is 0 Å². The molecule has 0 saturated heterocycles. The lowest BCUT2D eigenvalue weighted by Gasteiger charge is -2.25. The number of aliphatic hydroxyl groups excluding tert-OH is 1. The van der Waals surface area contributed by atoms with Gasteiger partial charge in [-0.05, 0) is 47.2 Å². The average molecular weight is 442 g/mol. The van der Waals surface area contributed by atoms with Gasteiger partial charge in [0.15, 0.2) is 5.76 Å².